The van der Waals surface area contributed by atoms with Gasteiger partial charge in [0.2, 0.25) is 0 Å². The molecule has 1 fully saturated rings. The fraction of sp³-hybridized carbons (Fsp3) is 0.267. The maximum absolute atomic E-state index is 13.7. The Labute approximate surface area is 116 Å². The maximum Gasteiger partial charge on any atom is 0.266 e. The van der Waals surface area contributed by atoms with Crippen LogP contribution < -0.4 is 5.43 Å². The summed E-state index contributed by atoms with van der Waals surface area (Å²) in [4.78, 5) is 12.3. The number of amides is 1. The van der Waals surface area contributed by atoms with E-state index in [1.165, 1.54) is 12.1 Å². The van der Waals surface area contributed by atoms with Crippen molar-refractivity contribution in [2.45, 2.75) is 0 Å². The van der Waals surface area contributed by atoms with Crippen LogP contribution >= 0.6 is 0 Å². The molecule has 3 rings (SSSR count). The first-order valence-corrected chi connectivity index (χ1v) is 6.56. The third-order valence-corrected chi connectivity index (χ3v) is 3.39. The summed E-state index contributed by atoms with van der Waals surface area (Å²) in [5.41, 5.74) is 3.32. The summed E-state index contributed by atoms with van der Waals surface area (Å²) in [5, 5.41) is 2.91. The minimum absolute atomic E-state index is 0.219. The van der Waals surface area contributed by atoms with E-state index in [0.29, 0.717) is 42.6 Å². The summed E-state index contributed by atoms with van der Waals surface area (Å²) < 4.78 is 19.0. The van der Waals surface area contributed by atoms with Gasteiger partial charge in [-0.2, -0.15) is 0 Å². The minimum atomic E-state index is -0.316. The van der Waals surface area contributed by atoms with Gasteiger partial charge in [0, 0.05) is 24.0 Å². The molecule has 1 N–H and O–H groups in total. The quantitative estimate of drug-likeness (QED) is 0.910. The van der Waals surface area contributed by atoms with Gasteiger partial charge in [-0.3, -0.25) is 10.2 Å². The Hall–Kier alpha value is -1.98. The lowest BCUT2D eigenvalue weighted by atomic mass is 10.0. The molecule has 1 aliphatic rings. The van der Waals surface area contributed by atoms with Crippen LogP contribution in [-0.2, 0) is 4.74 Å². The second-order valence-corrected chi connectivity index (χ2v) is 4.68. The van der Waals surface area contributed by atoms with E-state index in [2.05, 4.69) is 5.43 Å². The van der Waals surface area contributed by atoms with E-state index in [1.807, 2.05) is 5.01 Å². The van der Waals surface area contributed by atoms with Gasteiger partial charge in [0.05, 0.1) is 13.2 Å². The zero-order valence-corrected chi connectivity index (χ0v) is 10.9. The Kier molecular flexibility index (Phi) is 3.62. The third kappa shape index (κ3) is 2.50. The first-order valence-electron chi connectivity index (χ1n) is 6.56. The Bertz CT molecular complexity index is 639. The van der Waals surface area contributed by atoms with Crippen molar-refractivity contribution in [3.63, 3.8) is 0 Å². The number of hydrogen-bond acceptors (Lipinski definition) is 3. The normalized spacial score (nSPS) is 16.2. The zero-order valence-electron chi connectivity index (χ0n) is 10.9. The predicted octanol–water partition coefficient (Wildman–Crippen LogP) is 1.96. The molecule has 0 unspecified atom stereocenters. The molecule has 0 spiro atoms. The van der Waals surface area contributed by atoms with Crippen LogP contribution in [0, 0.1) is 5.82 Å². The second kappa shape index (κ2) is 5.56. The molecule has 2 aromatic rings. The van der Waals surface area contributed by atoms with Crippen molar-refractivity contribution in [1.82, 2.24) is 10.4 Å². The van der Waals surface area contributed by atoms with Crippen molar-refractivity contribution >= 4 is 16.7 Å². The van der Waals surface area contributed by atoms with Gasteiger partial charge in [0.1, 0.15) is 5.82 Å². The summed E-state index contributed by atoms with van der Waals surface area (Å²) in [6.07, 6.45) is 0. The van der Waals surface area contributed by atoms with E-state index in [9.17, 15) is 9.18 Å². The molecule has 0 radical (unpaired) electrons. The molecular weight excluding hydrogens is 259 g/mol. The fourth-order valence-electron chi connectivity index (χ4n) is 2.34. The summed E-state index contributed by atoms with van der Waals surface area (Å²) in [7, 11) is 0. The Morgan fingerprint density at radius 3 is 2.55 bits per heavy atom. The molecule has 5 heteroatoms. The maximum atomic E-state index is 13.7. The van der Waals surface area contributed by atoms with Gasteiger partial charge in [-0.1, -0.05) is 24.3 Å². The monoisotopic (exact) mass is 274 g/mol. The number of nitrogens with zero attached hydrogens (tertiary/aromatic N) is 1. The molecule has 0 aromatic heterocycles. The van der Waals surface area contributed by atoms with Gasteiger partial charge in [-0.25, -0.2) is 9.40 Å². The summed E-state index contributed by atoms with van der Waals surface area (Å²) >= 11 is 0. The highest BCUT2D eigenvalue weighted by atomic mass is 19.1. The van der Waals surface area contributed by atoms with Crippen molar-refractivity contribution in [2.24, 2.45) is 0 Å². The number of nitrogens with one attached hydrogen (secondary N) is 1. The number of fused-ring (bicyclic) bond motifs is 1. The topological polar surface area (TPSA) is 41.6 Å². The molecule has 104 valence electrons. The molecule has 1 amide bonds. The first-order chi connectivity index (χ1) is 9.75. The molecule has 0 bridgehead atoms. The molecule has 0 atom stereocenters. The Morgan fingerprint density at radius 2 is 1.80 bits per heavy atom. The van der Waals surface area contributed by atoms with Crippen LogP contribution in [-0.4, -0.2) is 37.2 Å². The predicted molar refractivity (Wildman–Crippen MR) is 73.8 cm³/mol. The van der Waals surface area contributed by atoms with E-state index in [0.717, 1.165) is 0 Å². The Morgan fingerprint density at radius 1 is 1.10 bits per heavy atom. The lowest BCUT2D eigenvalue weighted by Gasteiger charge is -2.27. The summed E-state index contributed by atoms with van der Waals surface area (Å²) in [6.45, 7) is 2.52. The number of benzene rings is 2. The van der Waals surface area contributed by atoms with Gasteiger partial charge in [-0.05, 0) is 17.5 Å². The third-order valence-electron chi connectivity index (χ3n) is 3.39. The second-order valence-electron chi connectivity index (χ2n) is 4.68. The molecule has 1 saturated heterocycles. The SMILES string of the molecule is O=C(NN1CCOCC1)c1ccc(F)c2ccccc12. The Balaban J connectivity index is 1.89. The number of rotatable bonds is 2. The van der Waals surface area contributed by atoms with Crippen LogP contribution in [0.1, 0.15) is 10.4 Å². The average Bonchev–Trinajstić information content (AvgIpc) is 2.49. The van der Waals surface area contributed by atoms with Crippen molar-refractivity contribution in [1.29, 1.82) is 0 Å². The number of carbonyl (C=O) groups is 1. The molecule has 0 saturated carbocycles. The molecule has 2 aromatic carbocycles. The lowest BCUT2D eigenvalue weighted by Crippen LogP contribution is -2.48. The van der Waals surface area contributed by atoms with Crippen LogP contribution in [0.25, 0.3) is 10.8 Å². The minimum Gasteiger partial charge on any atom is -0.379 e. The molecule has 1 heterocycles. The zero-order chi connectivity index (χ0) is 13.9. The number of morpholine rings is 1. The van der Waals surface area contributed by atoms with E-state index in [1.54, 1.807) is 24.3 Å². The van der Waals surface area contributed by atoms with Gasteiger partial charge in [0.25, 0.3) is 5.91 Å². The average molecular weight is 274 g/mol. The van der Waals surface area contributed by atoms with Gasteiger partial charge in [0.15, 0.2) is 0 Å². The molecule has 1 aliphatic heterocycles. The van der Waals surface area contributed by atoms with Gasteiger partial charge in [-0.15, -0.1) is 0 Å². The lowest BCUT2D eigenvalue weighted by molar-refractivity contribution is 0.0127. The van der Waals surface area contributed by atoms with E-state index in [4.69, 9.17) is 4.74 Å². The number of hydrogen-bond donors (Lipinski definition) is 1. The van der Waals surface area contributed by atoms with Crippen molar-refractivity contribution in [3.05, 3.63) is 47.8 Å². The molecule has 0 aliphatic carbocycles. The van der Waals surface area contributed by atoms with E-state index < -0.39 is 0 Å². The first kappa shape index (κ1) is 13.0. The van der Waals surface area contributed by atoms with Crippen LogP contribution in [0.2, 0.25) is 0 Å². The number of ether oxygens (including phenoxy) is 1. The smallest absolute Gasteiger partial charge is 0.266 e. The van der Waals surface area contributed by atoms with Gasteiger partial charge >= 0.3 is 0 Å². The van der Waals surface area contributed by atoms with Crippen LogP contribution in [0.5, 0.6) is 0 Å². The van der Waals surface area contributed by atoms with Crippen molar-refractivity contribution in [3.8, 4) is 0 Å². The highest BCUT2D eigenvalue weighted by Gasteiger charge is 2.16. The van der Waals surface area contributed by atoms with Crippen LogP contribution in [0.4, 0.5) is 4.39 Å². The van der Waals surface area contributed by atoms with E-state index >= 15 is 0 Å². The highest BCUT2D eigenvalue weighted by Crippen LogP contribution is 2.21. The summed E-state index contributed by atoms with van der Waals surface area (Å²) in [6, 6.07) is 9.84. The standard InChI is InChI=1S/C15H15FN2O2/c16-14-6-5-13(11-3-1-2-4-12(11)14)15(19)17-18-7-9-20-10-8-18/h1-6H,7-10H2,(H,17,19). The van der Waals surface area contributed by atoms with Crippen molar-refractivity contribution < 1.29 is 13.9 Å². The van der Waals surface area contributed by atoms with Crippen LogP contribution in [0.3, 0.4) is 0 Å². The number of carbonyl (C=O) groups excluding carboxylic acids is 1. The largest absolute Gasteiger partial charge is 0.379 e. The number of halogens is 1. The van der Waals surface area contributed by atoms with E-state index in [-0.39, 0.29) is 11.7 Å². The summed E-state index contributed by atoms with van der Waals surface area (Å²) in [5.74, 6) is -0.536. The fourth-order valence-corrected chi connectivity index (χ4v) is 2.34. The van der Waals surface area contributed by atoms with Crippen molar-refractivity contribution in [2.75, 3.05) is 26.3 Å². The number of hydrazine groups is 1. The molecular formula is C15H15FN2O2. The van der Waals surface area contributed by atoms with Crippen LogP contribution in [0.15, 0.2) is 36.4 Å². The van der Waals surface area contributed by atoms with Gasteiger partial charge < -0.3 is 4.74 Å². The molecule has 4 nitrogen and oxygen atoms in total. The molecule has 20 heavy (non-hydrogen) atoms. The highest BCUT2D eigenvalue weighted by molar-refractivity contribution is 6.06.